The molecule has 18 heavy (non-hydrogen) atoms. The SMILES string of the molecule is CN(Cc1ccccc1F)C1CCCCC1CN. The number of rotatable bonds is 4. The van der Waals surface area contributed by atoms with Crippen LogP contribution in [0, 0.1) is 11.7 Å². The van der Waals surface area contributed by atoms with Gasteiger partial charge in [0.25, 0.3) is 0 Å². The van der Waals surface area contributed by atoms with Crippen LogP contribution in [0.5, 0.6) is 0 Å². The van der Waals surface area contributed by atoms with Crippen molar-refractivity contribution in [3.05, 3.63) is 35.6 Å². The second kappa shape index (κ2) is 6.30. The molecule has 1 aromatic carbocycles. The van der Waals surface area contributed by atoms with Crippen molar-refractivity contribution in [3.8, 4) is 0 Å². The molecule has 3 heteroatoms. The lowest BCUT2D eigenvalue weighted by Gasteiger charge is -2.37. The molecular formula is C15H23FN2. The molecule has 1 aromatic rings. The van der Waals surface area contributed by atoms with E-state index >= 15 is 0 Å². The van der Waals surface area contributed by atoms with Crippen molar-refractivity contribution in [2.24, 2.45) is 11.7 Å². The van der Waals surface area contributed by atoms with Crippen LogP contribution < -0.4 is 5.73 Å². The predicted octanol–water partition coefficient (Wildman–Crippen LogP) is 2.78. The molecule has 1 fully saturated rings. The normalized spacial score (nSPS) is 24.4. The van der Waals surface area contributed by atoms with E-state index in [1.165, 1.54) is 31.7 Å². The third-order valence-electron chi connectivity index (χ3n) is 4.12. The molecule has 2 rings (SSSR count). The van der Waals surface area contributed by atoms with Gasteiger partial charge in [0.05, 0.1) is 0 Å². The van der Waals surface area contributed by atoms with E-state index in [-0.39, 0.29) is 5.82 Å². The third kappa shape index (κ3) is 3.09. The lowest BCUT2D eigenvalue weighted by Crippen LogP contribution is -2.42. The van der Waals surface area contributed by atoms with E-state index < -0.39 is 0 Å². The molecule has 2 unspecified atom stereocenters. The topological polar surface area (TPSA) is 29.3 Å². The standard InChI is InChI=1S/C15H23FN2/c1-18(11-13-7-2-4-8-14(13)16)15-9-5-3-6-12(15)10-17/h2,4,7-8,12,15H,3,5-6,9-11,17H2,1H3. The molecule has 1 saturated carbocycles. The van der Waals surface area contributed by atoms with Gasteiger partial charge in [-0.05, 0) is 38.4 Å². The van der Waals surface area contributed by atoms with Gasteiger partial charge in [-0.15, -0.1) is 0 Å². The Morgan fingerprint density at radius 2 is 2.00 bits per heavy atom. The summed E-state index contributed by atoms with van der Waals surface area (Å²) in [4.78, 5) is 2.27. The smallest absolute Gasteiger partial charge is 0.127 e. The number of halogens is 1. The van der Waals surface area contributed by atoms with Crippen LogP contribution in [0.3, 0.4) is 0 Å². The summed E-state index contributed by atoms with van der Waals surface area (Å²) in [6.07, 6.45) is 4.95. The lowest BCUT2D eigenvalue weighted by atomic mass is 9.83. The van der Waals surface area contributed by atoms with Crippen LogP contribution in [-0.4, -0.2) is 24.5 Å². The van der Waals surface area contributed by atoms with Crippen molar-refractivity contribution >= 4 is 0 Å². The Labute approximate surface area is 109 Å². The molecule has 1 aliphatic rings. The fourth-order valence-electron chi connectivity index (χ4n) is 3.06. The summed E-state index contributed by atoms with van der Waals surface area (Å²) in [5.74, 6) is 0.458. The summed E-state index contributed by atoms with van der Waals surface area (Å²) in [6, 6.07) is 7.54. The average Bonchev–Trinajstić information content (AvgIpc) is 2.41. The number of hydrogen-bond acceptors (Lipinski definition) is 2. The fraction of sp³-hybridized carbons (Fsp3) is 0.600. The van der Waals surface area contributed by atoms with Gasteiger partial charge in [-0.3, -0.25) is 4.90 Å². The molecule has 0 saturated heterocycles. The largest absolute Gasteiger partial charge is 0.330 e. The zero-order valence-electron chi connectivity index (χ0n) is 11.1. The average molecular weight is 250 g/mol. The molecule has 0 radical (unpaired) electrons. The maximum Gasteiger partial charge on any atom is 0.127 e. The van der Waals surface area contributed by atoms with Crippen LogP contribution in [0.25, 0.3) is 0 Å². The van der Waals surface area contributed by atoms with Gasteiger partial charge < -0.3 is 5.73 Å². The van der Waals surface area contributed by atoms with Gasteiger partial charge in [-0.2, -0.15) is 0 Å². The van der Waals surface area contributed by atoms with Crippen molar-refractivity contribution in [1.82, 2.24) is 4.90 Å². The molecular weight excluding hydrogens is 227 g/mol. The summed E-state index contributed by atoms with van der Waals surface area (Å²) in [5, 5.41) is 0. The minimum atomic E-state index is -0.107. The zero-order valence-corrected chi connectivity index (χ0v) is 11.1. The van der Waals surface area contributed by atoms with Gasteiger partial charge in [0.2, 0.25) is 0 Å². The van der Waals surface area contributed by atoms with E-state index in [0.29, 0.717) is 18.5 Å². The zero-order chi connectivity index (χ0) is 13.0. The highest BCUT2D eigenvalue weighted by Crippen LogP contribution is 2.28. The first kappa shape index (κ1) is 13.5. The Bertz CT molecular complexity index is 381. The second-order valence-electron chi connectivity index (χ2n) is 5.35. The second-order valence-corrected chi connectivity index (χ2v) is 5.35. The van der Waals surface area contributed by atoms with Crippen LogP contribution in [0.4, 0.5) is 4.39 Å². The van der Waals surface area contributed by atoms with E-state index in [2.05, 4.69) is 11.9 Å². The first-order valence-corrected chi connectivity index (χ1v) is 6.86. The molecule has 0 aliphatic heterocycles. The Morgan fingerprint density at radius 3 is 2.72 bits per heavy atom. The van der Waals surface area contributed by atoms with Crippen molar-refractivity contribution < 1.29 is 4.39 Å². The van der Waals surface area contributed by atoms with Crippen molar-refractivity contribution in [2.45, 2.75) is 38.3 Å². The molecule has 0 amide bonds. The van der Waals surface area contributed by atoms with E-state index in [1.54, 1.807) is 6.07 Å². The molecule has 2 nitrogen and oxygen atoms in total. The van der Waals surface area contributed by atoms with Crippen LogP contribution in [-0.2, 0) is 6.54 Å². The molecule has 0 heterocycles. The number of nitrogens with zero attached hydrogens (tertiary/aromatic N) is 1. The fourth-order valence-corrected chi connectivity index (χ4v) is 3.06. The Morgan fingerprint density at radius 1 is 1.28 bits per heavy atom. The van der Waals surface area contributed by atoms with Crippen LogP contribution in [0.15, 0.2) is 24.3 Å². The van der Waals surface area contributed by atoms with Crippen molar-refractivity contribution in [1.29, 1.82) is 0 Å². The van der Waals surface area contributed by atoms with Gasteiger partial charge in [-0.25, -0.2) is 4.39 Å². The minimum absolute atomic E-state index is 0.107. The van der Waals surface area contributed by atoms with Gasteiger partial charge >= 0.3 is 0 Å². The van der Waals surface area contributed by atoms with Crippen LogP contribution in [0.2, 0.25) is 0 Å². The summed E-state index contributed by atoms with van der Waals surface area (Å²) < 4.78 is 13.6. The molecule has 2 N–H and O–H groups in total. The molecule has 0 aromatic heterocycles. The maximum absolute atomic E-state index is 13.6. The Hall–Kier alpha value is -0.930. The molecule has 0 bridgehead atoms. The Kier molecular flexibility index (Phi) is 4.72. The summed E-state index contributed by atoms with van der Waals surface area (Å²) in [5.41, 5.74) is 6.63. The van der Waals surface area contributed by atoms with Crippen molar-refractivity contribution in [2.75, 3.05) is 13.6 Å². The summed E-state index contributed by atoms with van der Waals surface area (Å²) in [6.45, 7) is 1.42. The van der Waals surface area contributed by atoms with Gasteiger partial charge in [0.15, 0.2) is 0 Å². The van der Waals surface area contributed by atoms with E-state index in [0.717, 1.165) is 12.1 Å². The number of benzene rings is 1. The minimum Gasteiger partial charge on any atom is -0.330 e. The molecule has 0 spiro atoms. The summed E-state index contributed by atoms with van der Waals surface area (Å²) in [7, 11) is 2.09. The number of nitrogens with two attached hydrogens (primary N) is 1. The van der Waals surface area contributed by atoms with Crippen molar-refractivity contribution in [3.63, 3.8) is 0 Å². The first-order valence-electron chi connectivity index (χ1n) is 6.86. The Balaban J connectivity index is 2.02. The lowest BCUT2D eigenvalue weighted by molar-refractivity contribution is 0.126. The van der Waals surface area contributed by atoms with E-state index in [1.807, 2.05) is 12.1 Å². The summed E-state index contributed by atoms with van der Waals surface area (Å²) >= 11 is 0. The van der Waals surface area contributed by atoms with Crippen LogP contribution >= 0.6 is 0 Å². The van der Waals surface area contributed by atoms with E-state index in [9.17, 15) is 4.39 Å². The van der Waals surface area contributed by atoms with Crippen LogP contribution in [0.1, 0.15) is 31.2 Å². The maximum atomic E-state index is 13.6. The number of hydrogen-bond donors (Lipinski definition) is 1. The highest BCUT2D eigenvalue weighted by Gasteiger charge is 2.27. The van der Waals surface area contributed by atoms with Gasteiger partial charge in [0.1, 0.15) is 5.82 Å². The third-order valence-corrected chi connectivity index (χ3v) is 4.12. The molecule has 100 valence electrons. The molecule has 2 atom stereocenters. The molecule has 1 aliphatic carbocycles. The van der Waals surface area contributed by atoms with Gasteiger partial charge in [-0.1, -0.05) is 31.0 Å². The highest BCUT2D eigenvalue weighted by molar-refractivity contribution is 5.17. The highest BCUT2D eigenvalue weighted by atomic mass is 19.1. The predicted molar refractivity (Wildman–Crippen MR) is 72.7 cm³/mol. The quantitative estimate of drug-likeness (QED) is 0.890. The van der Waals surface area contributed by atoms with Gasteiger partial charge in [0, 0.05) is 18.2 Å². The monoisotopic (exact) mass is 250 g/mol. The van der Waals surface area contributed by atoms with E-state index in [4.69, 9.17) is 5.73 Å². The first-order chi connectivity index (χ1) is 8.72.